The highest BCUT2D eigenvalue weighted by atomic mass is 19.1. The summed E-state index contributed by atoms with van der Waals surface area (Å²) >= 11 is 0. The number of carbonyl (C=O) groups excluding carboxylic acids is 3. The van der Waals surface area contributed by atoms with Crippen LogP contribution in [0.15, 0.2) is 65.1 Å². The number of carbonyl (C=O) groups is 3. The smallest absolute Gasteiger partial charge is 0.375 e. The molecule has 30 heavy (non-hydrogen) atoms. The van der Waals surface area contributed by atoms with Crippen LogP contribution in [0.25, 0.3) is 11.3 Å². The zero-order valence-corrected chi connectivity index (χ0v) is 16.5. The van der Waals surface area contributed by atoms with Crippen molar-refractivity contribution in [3.05, 3.63) is 77.8 Å². The van der Waals surface area contributed by atoms with Crippen molar-refractivity contribution in [3.63, 3.8) is 0 Å². The number of amides is 1. The van der Waals surface area contributed by atoms with Gasteiger partial charge in [-0.1, -0.05) is 31.2 Å². The molecule has 1 aromatic heterocycles. The van der Waals surface area contributed by atoms with Crippen molar-refractivity contribution in [2.75, 3.05) is 5.32 Å². The number of furan rings is 1. The number of ketones is 1. The first-order valence-electron chi connectivity index (χ1n) is 9.36. The lowest BCUT2D eigenvalue weighted by Gasteiger charge is -2.15. The van der Waals surface area contributed by atoms with E-state index < -0.39 is 23.8 Å². The third-order valence-electron chi connectivity index (χ3n) is 4.41. The Morgan fingerprint density at radius 2 is 1.67 bits per heavy atom. The molecule has 0 bridgehead atoms. The lowest BCUT2D eigenvalue weighted by molar-refractivity contribution is -0.124. The quantitative estimate of drug-likeness (QED) is 0.445. The van der Waals surface area contributed by atoms with E-state index in [1.54, 1.807) is 37.3 Å². The van der Waals surface area contributed by atoms with Gasteiger partial charge in [0.25, 0.3) is 5.91 Å². The van der Waals surface area contributed by atoms with E-state index in [-0.39, 0.29) is 18.0 Å². The summed E-state index contributed by atoms with van der Waals surface area (Å²) in [4.78, 5) is 36.2. The molecule has 1 heterocycles. The predicted octanol–water partition coefficient (Wildman–Crippen LogP) is 4.86. The summed E-state index contributed by atoms with van der Waals surface area (Å²) in [6.45, 7) is 3.18. The lowest BCUT2D eigenvalue weighted by Crippen LogP contribution is -2.32. The third kappa shape index (κ3) is 5.00. The van der Waals surface area contributed by atoms with Crippen LogP contribution in [0.5, 0.6) is 0 Å². The van der Waals surface area contributed by atoms with E-state index in [9.17, 15) is 18.8 Å². The largest absolute Gasteiger partial charge is 0.449 e. The Bertz CT molecular complexity index is 1050. The van der Waals surface area contributed by atoms with Crippen molar-refractivity contribution in [1.82, 2.24) is 0 Å². The summed E-state index contributed by atoms with van der Waals surface area (Å²) in [6, 6.07) is 15.1. The fourth-order valence-corrected chi connectivity index (χ4v) is 2.74. The molecule has 3 aromatic rings. The predicted molar refractivity (Wildman–Crippen MR) is 109 cm³/mol. The van der Waals surface area contributed by atoms with Crippen molar-refractivity contribution in [1.29, 1.82) is 0 Å². The topological polar surface area (TPSA) is 85.6 Å². The standard InChI is InChI=1S/C23H20FNO5/c1-3-19(22(27)25-18-10-8-17(24)9-11-18)30-23(28)21-13-12-20(29-21)16-6-4-15(5-7-16)14(2)26/h4-13,19H,3H2,1-2H3,(H,25,27)/t19-/m0/s1. The molecule has 1 N–H and O–H groups in total. The molecule has 0 fully saturated rings. The number of rotatable bonds is 7. The zero-order chi connectivity index (χ0) is 21.7. The number of hydrogen-bond donors (Lipinski definition) is 1. The normalized spacial score (nSPS) is 11.6. The molecular formula is C23H20FNO5. The van der Waals surface area contributed by atoms with Gasteiger partial charge in [0.05, 0.1) is 0 Å². The fourth-order valence-electron chi connectivity index (χ4n) is 2.74. The van der Waals surface area contributed by atoms with Gasteiger partial charge in [0.2, 0.25) is 5.76 Å². The van der Waals surface area contributed by atoms with Gasteiger partial charge in [0.1, 0.15) is 11.6 Å². The second-order valence-electron chi connectivity index (χ2n) is 6.60. The van der Waals surface area contributed by atoms with Crippen LogP contribution in [-0.4, -0.2) is 23.8 Å². The van der Waals surface area contributed by atoms with E-state index >= 15 is 0 Å². The number of benzene rings is 2. The minimum atomic E-state index is -1.04. The van der Waals surface area contributed by atoms with Crippen molar-refractivity contribution >= 4 is 23.3 Å². The molecule has 6 nitrogen and oxygen atoms in total. The number of Topliss-reactive ketones (excluding diaryl/α,β-unsaturated/α-hetero) is 1. The van der Waals surface area contributed by atoms with Crippen LogP contribution >= 0.6 is 0 Å². The molecule has 1 atom stereocenters. The minimum Gasteiger partial charge on any atom is -0.449 e. The minimum absolute atomic E-state index is 0.0465. The Balaban J connectivity index is 1.66. The second-order valence-corrected chi connectivity index (χ2v) is 6.60. The van der Waals surface area contributed by atoms with Gasteiger partial charge in [-0.05, 0) is 49.7 Å². The maximum Gasteiger partial charge on any atom is 0.375 e. The van der Waals surface area contributed by atoms with Crippen LogP contribution in [0.4, 0.5) is 10.1 Å². The molecular weight excluding hydrogens is 389 g/mol. The molecule has 154 valence electrons. The maximum atomic E-state index is 13.0. The van der Waals surface area contributed by atoms with E-state index in [2.05, 4.69) is 5.32 Å². The van der Waals surface area contributed by atoms with Gasteiger partial charge < -0.3 is 14.5 Å². The Kier molecular flexibility index (Phi) is 6.41. The zero-order valence-electron chi connectivity index (χ0n) is 16.5. The molecule has 3 rings (SSSR count). The fraction of sp³-hybridized carbons (Fsp3) is 0.174. The second kappa shape index (κ2) is 9.17. The molecule has 1 amide bonds. The highest BCUT2D eigenvalue weighted by Crippen LogP contribution is 2.23. The van der Waals surface area contributed by atoms with E-state index in [1.807, 2.05) is 0 Å². The van der Waals surface area contributed by atoms with Gasteiger partial charge in [0.15, 0.2) is 11.9 Å². The molecule has 0 saturated heterocycles. The number of halogens is 1. The molecule has 0 radical (unpaired) electrons. The first-order chi connectivity index (χ1) is 14.4. The van der Waals surface area contributed by atoms with Crippen molar-refractivity contribution in [2.45, 2.75) is 26.4 Å². The number of nitrogens with one attached hydrogen (secondary N) is 1. The number of anilines is 1. The molecule has 0 aliphatic heterocycles. The van der Waals surface area contributed by atoms with Crippen LogP contribution in [0.2, 0.25) is 0 Å². The summed E-state index contributed by atoms with van der Waals surface area (Å²) in [5.41, 5.74) is 1.66. The molecule has 0 spiro atoms. The third-order valence-corrected chi connectivity index (χ3v) is 4.41. The maximum absolute atomic E-state index is 13.0. The first-order valence-corrected chi connectivity index (χ1v) is 9.36. The van der Waals surface area contributed by atoms with Crippen LogP contribution in [0, 0.1) is 5.82 Å². The van der Waals surface area contributed by atoms with E-state index in [0.717, 1.165) is 0 Å². The number of ether oxygens (including phenoxy) is 1. The molecule has 0 unspecified atom stereocenters. The monoisotopic (exact) mass is 409 g/mol. The van der Waals surface area contributed by atoms with Crippen LogP contribution < -0.4 is 5.32 Å². The summed E-state index contributed by atoms with van der Waals surface area (Å²) < 4.78 is 23.8. The molecule has 7 heteroatoms. The van der Waals surface area contributed by atoms with E-state index in [1.165, 1.54) is 37.3 Å². The molecule has 0 aliphatic carbocycles. The Morgan fingerprint density at radius 3 is 2.27 bits per heavy atom. The van der Waals surface area contributed by atoms with Crippen molar-refractivity contribution in [3.8, 4) is 11.3 Å². The molecule has 2 aromatic carbocycles. The summed E-state index contributed by atoms with van der Waals surface area (Å²) in [5, 5.41) is 2.58. The van der Waals surface area contributed by atoms with Gasteiger partial charge >= 0.3 is 5.97 Å². The highest BCUT2D eigenvalue weighted by Gasteiger charge is 2.24. The Morgan fingerprint density at radius 1 is 1.00 bits per heavy atom. The first kappa shape index (κ1) is 21.0. The van der Waals surface area contributed by atoms with Gasteiger partial charge in [0, 0.05) is 16.8 Å². The van der Waals surface area contributed by atoms with Crippen LogP contribution in [0.3, 0.4) is 0 Å². The van der Waals surface area contributed by atoms with Crippen molar-refractivity contribution in [2.24, 2.45) is 0 Å². The summed E-state index contributed by atoms with van der Waals surface area (Å²) in [6.07, 6.45) is -0.787. The van der Waals surface area contributed by atoms with Gasteiger partial charge in [-0.25, -0.2) is 9.18 Å². The van der Waals surface area contributed by atoms with Gasteiger partial charge in [-0.3, -0.25) is 9.59 Å². The SMILES string of the molecule is CC[C@H](OC(=O)c1ccc(-c2ccc(C(C)=O)cc2)o1)C(=O)Nc1ccc(F)cc1. The van der Waals surface area contributed by atoms with Crippen molar-refractivity contribution < 1.29 is 27.9 Å². The van der Waals surface area contributed by atoms with E-state index in [4.69, 9.17) is 9.15 Å². The molecule has 0 aliphatic rings. The molecule has 0 saturated carbocycles. The Labute approximate surface area is 172 Å². The van der Waals surface area contributed by atoms with Crippen LogP contribution in [-0.2, 0) is 9.53 Å². The highest BCUT2D eigenvalue weighted by molar-refractivity contribution is 5.97. The van der Waals surface area contributed by atoms with Crippen LogP contribution in [0.1, 0.15) is 41.2 Å². The summed E-state index contributed by atoms with van der Waals surface area (Å²) in [7, 11) is 0. The Hall–Kier alpha value is -3.74. The van der Waals surface area contributed by atoms with Gasteiger partial charge in [-0.2, -0.15) is 0 Å². The lowest BCUT2D eigenvalue weighted by atomic mass is 10.1. The van der Waals surface area contributed by atoms with E-state index in [0.29, 0.717) is 22.6 Å². The number of hydrogen-bond acceptors (Lipinski definition) is 5. The summed E-state index contributed by atoms with van der Waals surface area (Å²) in [5.74, 6) is -1.38. The average molecular weight is 409 g/mol. The average Bonchev–Trinajstić information content (AvgIpc) is 3.24. The van der Waals surface area contributed by atoms with Gasteiger partial charge in [-0.15, -0.1) is 0 Å². The number of esters is 1.